The molecule has 0 aliphatic rings. The van der Waals surface area contributed by atoms with Gasteiger partial charge in [-0.1, -0.05) is 206 Å². The van der Waals surface area contributed by atoms with Crippen molar-refractivity contribution in [3.05, 3.63) is 44.4 Å². The van der Waals surface area contributed by atoms with Crippen LogP contribution < -0.4 is 15.0 Å². The number of nitro groups is 1. The van der Waals surface area contributed by atoms with E-state index in [1.54, 1.807) is 13.2 Å². The van der Waals surface area contributed by atoms with Crippen molar-refractivity contribution in [2.24, 2.45) is 10.2 Å². The first-order valence-corrected chi connectivity index (χ1v) is 26.1. The normalized spacial score (nSPS) is 11.3. The van der Waals surface area contributed by atoms with E-state index >= 15 is 0 Å². The van der Waals surface area contributed by atoms with Crippen LogP contribution in [-0.4, -0.2) is 31.0 Å². The molecule has 0 saturated heterocycles. The van der Waals surface area contributed by atoms with Crippen LogP contribution >= 0.6 is 15.9 Å². The molecule has 0 aromatic heterocycles. The van der Waals surface area contributed by atoms with Crippen LogP contribution in [0.4, 0.5) is 28.4 Å². The number of hydrogen-bond acceptors (Lipinski definition) is 8. The second kappa shape index (κ2) is 36.8. The standard InChI is InChI=1S/C52H85BrN6O4/c1-5-7-9-11-13-15-17-19-21-23-25-27-29-31-33-35-37-58(38-36-34-32-30-28-26-24-22-20-18-16-14-12-10-8-6-2)50-41-48(55-44(3)60)49(42-51(50)63-4)56-57-52-45(43-54)39-46(59(61)62)40-47(52)53/h39-42H,5-38H2,1-4H3,(H,55,60). The van der Waals surface area contributed by atoms with Gasteiger partial charge in [0.1, 0.15) is 23.2 Å². The zero-order chi connectivity index (χ0) is 45.8. The quantitative estimate of drug-likeness (QED) is 0.0306. The van der Waals surface area contributed by atoms with Crippen molar-refractivity contribution in [2.45, 2.75) is 226 Å². The number of nitriles is 1. The Morgan fingerprint density at radius 2 is 1.06 bits per heavy atom. The van der Waals surface area contributed by atoms with Crippen molar-refractivity contribution in [1.29, 1.82) is 5.26 Å². The van der Waals surface area contributed by atoms with Crippen LogP contribution in [0.3, 0.4) is 0 Å². The molecule has 1 N–H and O–H groups in total. The number of carbonyl (C=O) groups excluding carboxylic acids is 1. The molecular formula is C52H85BrN6O4. The Morgan fingerprint density at radius 1 is 0.667 bits per heavy atom. The third-order valence-electron chi connectivity index (χ3n) is 12.1. The summed E-state index contributed by atoms with van der Waals surface area (Å²) in [5, 5.41) is 32.8. The van der Waals surface area contributed by atoms with Gasteiger partial charge >= 0.3 is 0 Å². The lowest BCUT2D eigenvalue weighted by Crippen LogP contribution is -2.26. The predicted molar refractivity (Wildman–Crippen MR) is 268 cm³/mol. The fourth-order valence-corrected chi connectivity index (χ4v) is 8.90. The number of methoxy groups -OCH3 is 1. The zero-order valence-corrected chi connectivity index (χ0v) is 41.7. The first-order chi connectivity index (χ1) is 30.7. The highest BCUT2D eigenvalue weighted by molar-refractivity contribution is 9.10. The monoisotopic (exact) mass is 937 g/mol. The summed E-state index contributed by atoms with van der Waals surface area (Å²) in [4.78, 5) is 25.7. The molecule has 2 aromatic rings. The number of nitrogens with one attached hydrogen (secondary N) is 1. The number of ether oxygens (including phenoxy) is 1. The lowest BCUT2D eigenvalue weighted by atomic mass is 10.0. The van der Waals surface area contributed by atoms with E-state index < -0.39 is 4.92 Å². The Kier molecular flexibility index (Phi) is 32.5. The van der Waals surface area contributed by atoms with Crippen LogP contribution in [-0.2, 0) is 4.79 Å². The molecule has 11 heteroatoms. The minimum absolute atomic E-state index is 0.00766. The predicted octanol–water partition coefficient (Wildman–Crippen LogP) is 17.9. The number of nitro benzene ring substituents is 1. The molecule has 0 atom stereocenters. The first kappa shape index (κ1) is 55.6. The van der Waals surface area contributed by atoms with Gasteiger partial charge in [-0.3, -0.25) is 14.9 Å². The highest BCUT2D eigenvalue weighted by atomic mass is 79.9. The molecule has 0 fully saturated rings. The number of azo groups is 1. The van der Waals surface area contributed by atoms with Crippen LogP contribution in [0.1, 0.15) is 232 Å². The van der Waals surface area contributed by atoms with Crippen LogP contribution in [0.2, 0.25) is 0 Å². The van der Waals surface area contributed by atoms with Gasteiger partial charge < -0.3 is 15.0 Å². The topological polar surface area (TPSA) is 133 Å². The zero-order valence-electron chi connectivity index (χ0n) is 40.1. The molecular weight excluding hydrogens is 853 g/mol. The molecule has 0 unspecified atom stereocenters. The van der Waals surface area contributed by atoms with Crippen LogP contribution in [0.5, 0.6) is 5.75 Å². The SMILES string of the molecule is CCCCCCCCCCCCCCCCCCN(CCCCCCCCCCCCCCCCCC)c1cc(NC(C)=O)c(N=Nc2c(Br)cc([N+](=O)[O-])cc2C#N)cc1OC. The van der Waals surface area contributed by atoms with Gasteiger partial charge in [-0.05, 0) is 34.8 Å². The Bertz CT molecular complexity index is 1580. The maximum atomic E-state index is 12.5. The molecule has 0 heterocycles. The molecule has 0 saturated carbocycles. The second-order valence-electron chi connectivity index (χ2n) is 17.7. The average molecular weight is 938 g/mol. The summed E-state index contributed by atoms with van der Waals surface area (Å²) >= 11 is 3.32. The van der Waals surface area contributed by atoms with Gasteiger partial charge in [0.25, 0.3) is 5.69 Å². The first-order valence-electron chi connectivity index (χ1n) is 25.3. The number of anilines is 2. The lowest BCUT2D eigenvalue weighted by Gasteiger charge is -2.28. The van der Waals surface area contributed by atoms with E-state index in [2.05, 4.69) is 50.2 Å². The number of amides is 1. The molecule has 354 valence electrons. The van der Waals surface area contributed by atoms with Crippen molar-refractivity contribution in [3.8, 4) is 11.8 Å². The summed E-state index contributed by atoms with van der Waals surface area (Å²) in [5.74, 6) is 0.369. The average Bonchev–Trinajstić information content (AvgIpc) is 3.27. The van der Waals surface area contributed by atoms with E-state index in [0.717, 1.165) is 31.6 Å². The van der Waals surface area contributed by atoms with E-state index in [4.69, 9.17) is 4.74 Å². The highest BCUT2D eigenvalue weighted by Crippen LogP contribution is 2.41. The summed E-state index contributed by atoms with van der Waals surface area (Å²) in [6.07, 6.45) is 42.6. The van der Waals surface area contributed by atoms with Gasteiger partial charge in [0, 0.05) is 38.2 Å². The molecule has 2 aromatic carbocycles. The molecule has 0 bridgehead atoms. The van der Waals surface area contributed by atoms with E-state index in [9.17, 15) is 20.2 Å². The Hall–Kier alpha value is -3.52. The smallest absolute Gasteiger partial charge is 0.272 e. The van der Waals surface area contributed by atoms with Crippen molar-refractivity contribution in [3.63, 3.8) is 0 Å². The fourth-order valence-electron chi connectivity index (χ4n) is 8.38. The fraction of sp³-hybridized carbons (Fsp3) is 0.731. The van der Waals surface area contributed by atoms with Crippen LogP contribution in [0, 0.1) is 21.4 Å². The summed E-state index contributed by atoms with van der Waals surface area (Å²) in [6.45, 7) is 7.78. The van der Waals surface area contributed by atoms with E-state index in [1.807, 2.05) is 12.1 Å². The van der Waals surface area contributed by atoms with Crippen LogP contribution in [0.25, 0.3) is 0 Å². The van der Waals surface area contributed by atoms with Gasteiger partial charge in [-0.25, -0.2) is 0 Å². The number of halogens is 1. The number of benzene rings is 2. The number of nitrogens with zero attached hydrogens (tertiary/aromatic N) is 5. The van der Waals surface area contributed by atoms with Gasteiger partial charge in [0.2, 0.25) is 5.91 Å². The Labute approximate surface area is 391 Å². The Morgan fingerprint density at radius 3 is 1.41 bits per heavy atom. The van der Waals surface area contributed by atoms with Gasteiger partial charge in [0.15, 0.2) is 0 Å². The van der Waals surface area contributed by atoms with Crippen LogP contribution in [0.15, 0.2) is 39.0 Å². The maximum absolute atomic E-state index is 12.5. The molecule has 0 aliphatic heterocycles. The molecule has 0 radical (unpaired) electrons. The lowest BCUT2D eigenvalue weighted by molar-refractivity contribution is -0.384. The summed E-state index contributed by atoms with van der Waals surface area (Å²) < 4.78 is 6.23. The van der Waals surface area contributed by atoms with Crippen molar-refractivity contribution >= 4 is 50.3 Å². The van der Waals surface area contributed by atoms with Gasteiger partial charge in [0.05, 0.1) is 33.4 Å². The number of unbranched alkanes of at least 4 members (excludes halogenated alkanes) is 30. The van der Waals surface area contributed by atoms with Crippen molar-refractivity contribution in [2.75, 3.05) is 30.4 Å². The van der Waals surface area contributed by atoms with E-state index in [0.29, 0.717) is 17.1 Å². The molecule has 0 aliphatic carbocycles. The summed E-state index contributed by atoms with van der Waals surface area (Å²) in [6, 6.07) is 8.14. The molecule has 63 heavy (non-hydrogen) atoms. The van der Waals surface area contributed by atoms with Crippen molar-refractivity contribution < 1.29 is 14.5 Å². The number of non-ortho nitro benzene ring substituents is 1. The Balaban J connectivity index is 2.01. The molecule has 0 spiro atoms. The molecule has 2 rings (SSSR count). The number of hydrogen-bond donors (Lipinski definition) is 1. The summed E-state index contributed by atoms with van der Waals surface area (Å²) in [7, 11) is 1.64. The van der Waals surface area contributed by atoms with E-state index in [-0.39, 0.29) is 27.3 Å². The van der Waals surface area contributed by atoms with Gasteiger partial charge in [-0.2, -0.15) is 5.26 Å². The minimum atomic E-state index is -0.559. The maximum Gasteiger partial charge on any atom is 0.272 e. The highest BCUT2D eigenvalue weighted by Gasteiger charge is 2.19. The molecule has 10 nitrogen and oxygen atoms in total. The minimum Gasteiger partial charge on any atom is -0.494 e. The number of carbonyl (C=O) groups is 1. The molecule has 1 amide bonds. The third-order valence-corrected chi connectivity index (χ3v) is 12.8. The van der Waals surface area contributed by atoms with Gasteiger partial charge in [-0.15, -0.1) is 10.2 Å². The third kappa shape index (κ3) is 25.5. The van der Waals surface area contributed by atoms with E-state index in [1.165, 1.54) is 212 Å². The second-order valence-corrected chi connectivity index (χ2v) is 18.6. The summed E-state index contributed by atoms with van der Waals surface area (Å²) in [5.41, 5.74) is 1.67. The van der Waals surface area contributed by atoms with Crippen molar-refractivity contribution in [1.82, 2.24) is 0 Å². The number of rotatable bonds is 40. The largest absolute Gasteiger partial charge is 0.494 e.